The van der Waals surface area contributed by atoms with Gasteiger partial charge in [0.15, 0.2) is 5.13 Å². The standard InChI is InChI=1S/C18H19N3O2S2/c22-16(21-18-20-13-6-2-1-3-8-15(13)25-18)10-23-11-17-19-12-7-4-5-9-14(12)24-17/h4-5,7,9H,1-3,6,8,10-11H2,(H,20,21,22). The minimum absolute atomic E-state index is 0.0141. The second-order valence-corrected chi connectivity index (χ2v) is 8.26. The van der Waals surface area contributed by atoms with Crippen LogP contribution in [-0.2, 0) is 29.0 Å². The predicted molar refractivity (Wildman–Crippen MR) is 101 cm³/mol. The van der Waals surface area contributed by atoms with Crippen LogP contribution < -0.4 is 5.32 Å². The Balaban J connectivity index is 1.29. The number of hydrogen-bond donors (Lipinski definition) is 1. The molecule has 1 aromatic carbocycles. The van der Waals surface area contributed by atoms with E-state index in [9.17, 15) is 4.79 Å². The Morgan fingerprint density at radius 2 is 2.00 bits per heavy atom. The fourth-order valence-electron chi connectivity index (χ4n) is 2.95. The first-order valence-corrected chi connectivity index (χ1v) is 10.1. The van der Waals surface area contributed by atoms with Gasteiger partial charge in [-0.3, -0.25) is 10.1 Å². The monoisotopic (exact) mass is 373 g/mol. The van der Waals surface area contributed by atoms with Crippen LogP contribution in [0.3, 0.4) is 0 Å². The van der Waals surface area contributed by atoms with E-state index in [2.05, 4.69) is 15.3 Å². The van der Waals surface area contributed by atoms with Gasteiger partial charge in [-0.15, -0.1) is 22.7 Å². The summed E-state index contributed by atoms with van der Waals surface area (Å²) in [4.78, 5) is 22.5. The number of aryl methyl sites for hydroxylation is 2. The topological polar surface area (TPSA) is 64.1 Å². The molecule has 2 aromatic heterocycles. The molecule has 25 heavy (non-hydrogen) atoms. The van der Waals surface area contributed by atoms with Crippen molar-refractivity contribution in [3.05, 3.63) is 39.8 Å². The lowest BCUT2D eigenvalue weighted by molar-refractivity contribution is -0.121. The summed E-state index contributed by atoms with van der Waals surface area (Å²) >= 11 is 3.20. The quantitative estimate of drug-likeness (QED) is 0.682. The third-order valence-corrected chi connectivity index (χ3v) is 6.22. The number of fused-ring (bicyclic) bond motifs is 2. The van der Waals surface area contributed by atoms with Crippen molar-refractivity contribution in [3.63, 3.8) is 0 Å². The van der Waals surface area contributed by atoms with Gasteiger partial charge in [-0.05, 0) is 37.8 Å². The van der Waals surface area contributed by atoms with Gasteiger partial charge in [0.1, 0.15) is 11.6 Å². The van der Waals surface area contributed by atoms with Gasteiger partial charge in [0.2, 0.25) is 0 Å². The number of thiazole rings is 2. The predicted octanol–water partition coefficient (Wildman–Crippen LogP) is 4.18. The van der Waals surface area contributed by atoms with E-state index >= 15 is 0 Å². The Morgan fingerprint density at radius 3 is 2.92 bits per heavy atom. The summed E-state index contributed by atoms with van der Waals surface area (Å²) in [6.07, 6.45) is 5.78. The van der Waals surface area contributed by atoms with Gasteiger partial charge in [0, 0.05) is 4.88 Å². The number of carbonyl (C=O) groups is 1. The summed E-state index contributed by atoms with van der Waals surface area (Å²) in [7, 11) is 0. The van der Waals surface area contributed by atoms with Crippen molar-refractivity contribution in [2.75, 3.05) is 11.9 Å². The Bertz CT molecular complexity index is 831. The number of carbonyl (C=O) groups excluding carboxylic acids is 1. The van der Waals surface area contributed by atoms with Crippen LogP contribution >= 0.6 is 22.7 Å². The molecule has 0 saturated heterocycles. The van der Waals surface area contributed by atoms with E-state index in [1.165, 1.54) is 24.1 Å². The third kappa shape index (κ3) is 4.05. The van der Waals surface area contributed by atoms with Crippen LogP contribution in [0.4, 0.5) is 5.13 Å². The summed E-state index contributed by atoms with van der Waals surface area (Å²) in [5.41, 5.74) is 2.13. The fraction of sp³-hybridized carbons (Fsp3) is 0.389. The normalized spacial score (nSPS) is 14.2. The van der Waals surface area contributed by atoms with Crippen molar-refractivity contribution in [2.45, 2.75) is 38.7 Å². The molecule has 3 aromatic rings. The molecule has 0 unspecified atom stereocenters. The van der Waals surface area contributed by atoms with Gasteiger partial charge < -0.3 is 4.74 Å². The Morgan fingerprint density at radius 1 is 1.12 bits per heavy atom. The number of ether oxygens (including phenoxy) is 1. The van der Waals surface area contributed by atoms with E-state index in [-0.39, 0.29) is 12.5 Å². The van der Waals surface area contributed by atoms with Crippen molar-refractivity contribution in [3.8, 4) is 0 Å². The molecule has 7 heteroatoms. The molecule has 2 heterocycles. The maximum atomic E-state index is 12.1. The lowest BCUT2D eigenvalue weighted by atomic mass is 10.2. The largest absolute Gasteiger partial charge is 0.364 e. The zero-order valence-corrected chi connectivity index (χ0v) is 15.4. The molecule has 1 N–H and O–H groups in total. The van der Waals surface area contributed by atoms with Crippen molar-refractivity contribution in [1.82, 2.24) is 9.97 Å². The summed E-state index contributed by atoms with van der Waals surface area (Å²) in [5, 5.41) is 4.44. The Hall–Kier alpha value is -1.83. The fourth-order valence-corrected chi connectivity index (χ4v) is 4.92. The molecule has 130 valence electrons. The van der Waals surface area contributed by atoms with Crippen LogP contribution in [0.1, 0.15) is 34.8 Å². The molecule has 0 fully saturated rings. The molecule has 0 aliphatic heterocycles. The number of nitrogens with zero attached hydrogens (tertiary/aromatic N) is 2. The molecule has 4 rings (SSSR count). The SMILES string of the molecule is O=C(COCc1nc2ccccc2s1)Nc1nc2c(s1)CCCCC2. The zero-order valence-electron chi connectivity index (χ0n) is 13.8. The van der Waals surface area contributed by atoms with Gasteiger partial charge in [0.25, 0.3) is 5.91 Å². The highest BCUT2D eigenvalue weighted by molar-refractivity contribution is 7.18. The maximum absolute atomic E-state index is 12.1. The first kappa shape index (κ1) is 16.6. The first-order chi connectivity index (χ1) is 12.3. The number of anilines is 1. The Labute approximate surface area is 154 Å². The average Bonchev–Trinajstić information content (AvgIpc) is 3.12. The summed E-state index contributed by atoms with van der Waals surface area (Å²) in [5.74, 6) is -0.162. The van der Waals surface area contributed by atoms with Crippen molar-refractivity contribution in [1.29, 1.82) is 0 Å². The lowest BCUT2D eigenvalue weighted by Crippen LogP contribution is -2.18. The molecular formula is C18H19N3O2S2. The third-order valence-electron chi connectivity index (χ3n) is 4.14. The van der Waals surface area contributed by atoms with Crippen LogP contribution in [0.15, 0.2) is 24.3 Å². The van der Waals surface area contributed by atoms with Gasteiger partial charge in [-0.2, -0.15) is 0 Å². The van der Waals surface area contributed by atoms with Crippen LogP contribution in [0, 0.1) is 0 Å². The van der Waals surface area contributed by atoms with E-state index in [1.807, 2.05) is 24.3 Å². The highest BCUT2D eigenvalue weighted by Crippen LogP contribution is 2.29. The van der Waals surface area contributed by atoms with E-state index in [4.69, 9.17) is 4.74 Å². The lowest BCUT2D eigenvalue weighted by Gasteiger charge is -2.02. The van der Waals surface area contributed by atoms with Gasteiger partial charge >= 0.3 is 0 Å². The van der Waals surface area contributed by atoms with Crippen LogP contribution in [0.2, 0.25) is 0 Å². The second-order valence-electron chi connectivity index (χ2n) is 6.07. The molecule has 0 bridgehead atoms. The highest BCUT2D eigenvalue weighted by Gasteiger charge is 2.15. The number of nitrogens with one attached hydrogen (secondary N) is 1. The van der Waals surface area contributed by atoms with Crippen molar-refractivity contribution >= 4 is 43.9 Å². The zero-order chi connectivity index (χ0) is 17.1. The van der Waals surface area contributed by atoms with E-state index in [0.29, 0.717) is 11.7 Å². The molecule has 0 atom stereocenters. The summed E-state index contributed by atoms with van der Waals surface area (Å²) in [6.45, 7) is 0.362. The van der Waals surface area contributed by atoms with Gasteiger partial charge in [-0.1, -0.05) is 18.6 Å². The van der Waals surface area contributed by atoms with E-state index < -0.39 is 0 Å². The van der Waals surface area contributed by atoms with E-state index in [1.54, 1.807) is 22.7 Å². The minimum atomic E-state index is -0.162. The average molecular weight is 374 g/mol. The van der Waals surface area contributed by atoms with Crippen LogP contribution in [0.25, 0.3) is 10.2 Å². The van der Waals surface area contributed by atoms with E-state index in [0.717, 1.165) is 33.8 Å². The number of rotatable bonds is 5. The smallest absolute Gasteiger partial charge is 0.252 e. The van der Waals surface area contributed by atoms with Crippen LogP contribution in [-0.4, -0.2) is 22.5 Å². The van der Waals surface area contributed by atoms with Gasteiger partial charge in [0.05, 0.1) is 22.5 Å². The number of benzene rings is 1. The van der Waals surface area contributed by atoms with Gasteiger partial charge in [-0.25, -0.2) is 9.97 Å². The minimum Gasteiger partial charge on any atom is -0.364 e. The molecule has 1 aliphatic rings. The first-order valence-electron chi connectivity index (χ1n) is 8.48. The number of hydrogen-bond acceptors (Lipinski definition) is 6. The summed E-state index contributed by atoms with van der Waals surface area (Å²) in [6, 6.07) is 7.98. The molecule has 0 spiro atoms. The number of amides is 1. The van der Waals surface area contributed by atoms with Crippen molar-refractivity contribution in [2.24, 2.45) is 0 Å². The molecular weight excluding hydrogens is 354 g/mol. The molecule has 0 saturated carbocycles. The molecule has 0 radical (unpaired) electrons. The second kappa shape index (κ2) is 7.59. The Kier molecular flexibility index (Phi) is 5.05. The number of para-hydroxylation sites is 1. The molecule has 5 nitrogen and oxygen atoms in total. The molecule has 1 aliphatic carbocycles. The highest BCUT2D eigenvalue weighted by atomic mass is 32.1. The van der Waals surface area contributed by atoms with Crippen molar-refractivity contribution < 1.29 is 9.53 Å². The summed E-state index contributed by atoms with van der Waals surface area (Å²) < 4.78 is 6.65. The van der Waals surface area contributed by atoms with Crippen LogP contribution in [0.5, 0.6) is 0 Å². The maximum Gasteiger partial charge on any atom is 0.252 e. The number of aromatic nitrogens is 2. The molecule has 1 amide bonds.